The minimum Gasteiger partial charge on any atom is -0.399 e. The molecule has 0 bridgehead atoms. The van der Waals surface area contributed by atoms with Crippen molar-refractivity contribution in [3.63, 3.8) is 0 Å². The summed E-state index contributed by atoms with van der Waals surface area (Å²) < 4.78 is 37.4. The summed E-state index contributed by atoms with van der Waals surface area (Å²) in [6.07, 6.45) is -4.35. The predicted octanol–water partition coefficient (Wildman–Crippen LogP) is 2.01. The van der Waals surface area contributed by atoms with E-state index in [0.29, 0.717) is 0 Å². The van der Waals surface area contributed by atoms with Crippen LogP contribution in [0.2, 0.25) is 0 Å². The quantitative estimate of drug-likeness (QED) is 0.723. The van der Waals surface area contributed by atoms with Crippen molar-refractivity contribution in [1.82, 2.24) is 5.32 Å². The number of alkyl halides is 3. The monoisotopic (exact) mass is 204 g/mol. The summed E-state index contributed by atoms with van der Waals surface area (Å²) >= 11 is 0. The molecule has 14 heavy (non-hydrogen) atoms. The van der Waals surface area contributed by atoms with Gasteiger partial charge in [0.15, 0.2) is 0 Å². The largest absolute Gasteiger partial charge is 0.416 e. The van der Waals surface area contributed by atoms with Gasteiger partial charge in [0.25, 0.3) is 0 Å². The molecule has 1 aromatic carbocycles. The first kappa shape index (κ1) is 10.8. The van der Waals surface area contributed by atoms with Crippen molar-refractivity contribution in [1.29, 1.82) is 0 Å². The molecule has 0 spiro atoms. The molecule has 5 heteroatoms. The van der Waals surface area contributed by atoms with Gasteiger partial charge in [-0.2, -0.15) is 13.2 Å². The third-order valence-electron chi connectivity index (χ3n) is 1.81. The van der Waals surface area contributed by atoms with Crippen molar-refractivity contribution in [2.75, 3.05) is 12.8 Å². The highest BCUT2D eigenvalue weighted by molar-refractivity contribution is 5.45. The van der Waals surface area contributed by atoms with E-state index in [9.17, 15) is 13.2 Å². The predicted molar refractivity (Wildman–Crippen MR) is 48.6 cm³/mol. The molecule has 0 fully saturated rings. The average molecular weight is 204 g/mol. The third kappa shape index (κ3) is 2.38. The van der Waals surface area contributed by atoms with Gasteiger partial charge in [0.05, 0.1) is 5.56 Å². The van der Waals surface area contributed by atoms with Gasteiger partial charge >= 0.3 is 6.18 Å². The Morgan fingerprint density at radius 3 is 2.50 bits per heavy atom. The molecule has 0 radical (unpaired) electrons. The highest BCUT2D eigenvalue weighted by Crippen LogP contribution is 2.33. The maximum absolute atomic E-state index is 12.5. The van der Waals surface area contributed by atoms with Gasteiger partial charge in [-0.05, 0) is 24.7 Å². The fraction of sp³-hybridized carbons (Fsp3) is 0.333. The van der Waals surface area contributed by atoms with E-state index in [1.165, 1.54) is 12.1 Å². The number of nitrogen functional groups attached to an aromatic ring is 1. The number of anilines is 1. The molecule has 0 unspecified atom stereocenters. The molecular weight excluding hydrogens is 193 g/mol. The van der Waals surface area contributed by atoms with Crippen LogP contribution in [0.4, 0.5) is 18.9 Å². The second-order valence-corrected chi connectivity index (χ2v) is 2.94. The van der Waals surface area contributed by atoms with Crippen LogP contribution in [-0.2, 0) is 12.7 Å². The van der Waals surface area contributed by atoms with Crippen LogP contribution in [0.25, 0.3) is 0 Å². The van der Waals surface area contributed by atoms with Crippen LogP contribution in [-0.4, -0.2) is 7.05 Å². The molecule has 0 amide bonds. The summed E-state index contributed by atoms with van der Waals surface area (Å²) in [5.41, 5.74) is 4.95. The molecule has 2 nitrogen and oxygen atoms in total. The Balaban J connectivity index is 3.16. The molecule has 0 aliphatic carbocycles. The van der Waals surface area contributed by atoms with Gasteiger partial charge in [-0.3, -0.25) is 0 Å². The van der Waals surface area contributed by atoms with Crippen molar-refractivity contribution in [3.8, 4) is 0 Å². The zero-order valence-electron chi connectivity index (χ0n) is 7.65. The molecule has 0 aliphatic rings. The molecule has 3 N–H and O–H groups in total. The Kier molecular flexibility index (Phi) is 3.00. The lowest BCUT2D eigenvalue weighted by molar-refractivity contribution is -0.138. The zero-order chi connectivity index (χ0) is 10.8. The molecule has 0 saturated heterocycles. The highest BCUT2D eigenvalue weighted by Gasteiger charge is 2.33. The molecular formula is C9H11F3N2. The fourth-order valence-corrected chi connectivity index (χ4v) is 1.20. The van der Waals surface area contributed by atoms with Crippen molar-refractivity contribution in [3.05, 3.63) is 29.3 Å². The molecule has 1 rings (SSSR count). The van der Waals surface area contributed by atoms with Gasteiger partial charge in [0, 0.05) is 12.2 Å². The Morgan fingerprint density at radius 2 is 2.00 bits per heavy atom. The Labute approximate surface area is 79.9 Å². The van der Waals surface area contributed by atoms with Gasteiger partial charge in [0.1, 0.15) is 0 Å². The standard InChI is InChI=1S/C9H11F3N2/c1-14-5-6-2-3-7(13)4-8(6)9(10,11)12/h2-4,14H,5,13H2,1H3. The molecule has 0 heterocycles. The molecule has 1 aromatic rings. The van der Waals surface area contributed by atoms with Crippen LogP contribution >= 0.6 is 0 Å². The number of benzene rings is 1. The van der Waals surface area contributed by atoms with E-state index in [2.05, 4.69) is 5.32 Å². The Morgan fingerprint density at radius 1 is 1.36 bits per heavy atom. The lowest BCUT2D eigenvalue weighted by Crippen LogP contribution is -2.14. The summed E-state index contributed by atoms with van der Waals surface area (Å²) in [5, 5.41) is 2.68. The van der Waals surface area contributed by atoms with Crippen molar-refractivity contribution in [2.45, 2.75) is 12.7 Å². The van der Waals surface area contributed by atoms with Gasteiger partial charge in [0.2, 0.25) is 0 Å². The summed E-state index contributed by atoms with van der Waals surface area (Å²) in [6.45, 7) is 0.176. The van der Waals surface area contributed by atoms with E-state index in [1.54, 1.807) is 7.05 Å². The molecule has 78 valence electrons. The van der Waals surface area contributed by atoms with Crippen molar-refractivity contribution >= 4 is 5.69 Å². The topological polar surface area (TPSA) is 38.0 Å². The lowest BCUT2D eigenvalue weighted by Gasteiger charge is -2.12. The minimum absolute atomic E-state index is 0.122. The third-order valence-corrected chi connectivity index (χ3v) is 1.81. The smallest absolute Gasteiger partial charge is 0.399 e. The van der Waals surface area contributed by atoms with Gasteiger partial charge in [-0.15, -0.1) is 0 Å². The van der Waals surface area contributed by atoms with Crippen LogP contribution < -0.4 is 11.1 Å². The number of nitrogens with two attached hydrogens (primary N) is 1. The highest BCUT2D eigenvalue weighted by atomic mass is 19.4. The van der Waals surface area contributed by atoms with Crippen LogP contribution in [0.1, 0.15) is 11.1 Å². The van der Waals surface area contributed by atoms with Gasteiger partial charge < -0.3 is 11.1 Å². The van der Waals surface area contributed by atoms with Crippen molar-refractivity contribution < 1.29 is 13.2 Å². The number of hydrogen-bond donors (Lipinski definition) is 2. The normalized spacial score (nSPS) is 11.7. The second kappa shape index (κ2) is 3.88. The van der Waals surface area contributed by atoms with Crippen LogP contribution in [0.5, 0.6) is 0 Å². The Bertz CT molecular complexity index is 320. The van der Waals surface area contributed by atoms with Crippen molar-refractivity contribution in [2.24, 2.45) is 0 Å². The first-order valence-electron chi connectivity index (χ1n) is 4.05. The van der Waals surface area contributed by atoms with E-state index in [1.807, 2.05) is 0 Å². The Hall–Kier alpha value is -1.23. The summed E-state index contributed by atoms with van der Waals surface area (Å²) in [5.74, 6) is 0. The minimum atomic E-state index is -4.35. The SMILES string of the molecule is CNCc1ccc(N)cc1C(F)(F)F. The summed E-state index contributed by atoms with van der Waals surface area (Å²) in [7, 11) is 1.59. The van der Waals surface area contributed by atoms with Crippen LogP contribution in [0, 0.1) is 0 Å². The molecule has 0 aromatic heterocycles. The van der Waals surface area contributed by atoms with E-state index < -0.39 is 11.7 Å². The summed E-state index contributed by atoms with van der Waals surface area (Å²) in [6, 6.07) is 3.79. The number of hydrogen-bond acceptors (Lipinski definition) is 2. The molecule has 0 saturated carbocycles. The number of halogens is 3. The average Bonchev–Trinajstić information content (AvgIpc) is 2.07. The van der Waals surface area contributed by atoms with E-state index in [-0.39, 0.29) is 17.8 Å². The number of rotatable bonds is 2. The summed E-state index contributed by atoms with van der Waals surface area (Å²) in [4.78, 5) is 0. The molecule has 0 atom stereocenters. The zero-order valence-corrected chi connectivity index (χ0v) is 7.65. The lowest BCUT2D eigenvalue weighted by atomic mass is 10.1. The van der Waals surface area contributed by atoms with Gasteiger partial charge in [-0.25, -0.2) is 0 Å². The van der Waals surface area contributed by atoms with Gasteiger partial charge in [-0.1, -0.05) is 6.07 Å². The first-order chi connectivity index (χ1) is 6.45. The maximum Gasteiger partial charge on any atom is 0.416 e. The van der Waals surface area contributed by atoms with E-state index in [4.69, 9.17) is 5.73 Å². The van der Waals surface area contributed by atoms with Crippen LogP contribution in [0.15, 0.2) is 18.2 Å². The van der Waals surface area contributed by atoms with E-state index >= 15 is 0 Å². The maximum atomic E-state index is 12.5. The molecule has 0 aliphatic heterocycles. The van der Waals surface area contributed by atoms with Crippen LogP contribution in [0.3, 0.4) is 0 Å². The first-order valence-corrected chi connectivity index (χ1v) is 4.05. The van der Waals surface area contributed by atoms with E-state index in [0.717, 1.165) is 6.07 Å². The second-order valence-electron chi connectivity index (χ2n) is 2.94. The number of nitrogens with one attached hydrogen (secondary N) is 1. The fourth-order valence-electron chi connectivity index (χ4n) is 1.20.